The molecule has 0 fully saturated rings. The summed E-state index contributed by atoms with van der Waals surface area (Å²) in [5.74, 6) is 0.904. The molecule has 2 rings (SSSR count). The Morgan fingerprint density at radius 2 is 1.84 bits per heavy atom. The predicted molar refractivity (Wildman–Crippen MR) is 101 cm³/mol. The molecule has 0 aliphatic carbocycles. The number of hydrogen-bond donors (Lipinski definition) is 1. The van der Waals surface area contributed by atoms with Gasteiger partial charge in [-0.3, -0.25) is 4.79 Å². The third kappa shape index (κ3) is 6.38. The van der Waals surface area contributed by atoms with Crippen molar-refractivity contribution >= 4 is 17.7 Å². The maximum absolute atomic E-state index is 12.0. The molecule has 1 aromatic carbocycles. The molecule has 1 aromatic heterocycles. The van der Waals surface area contributed by atoms with E-state index < -0.39 is 0 Å². The molecule has 25 heavy (non-hydrogen) atoms. The van der Waals surface area contributed by atoms with Crippen LogP contribution in [0, 0.1) is 13.8 Å². The Bertz CT molecular complexity index is 669. The van der Waals surface area contributed by atoms with Gasteiger partial charge in [-0.05, 0) is 50.6 Å². The molecule has 0 aliphatic heterocycles. The molecule has 0 aliphatic rings. The molecular weight excluding hydrogens is 334 g/mol. The predicted octanol–water partition coefficient (Wildman–Crippen LogP) is 3.33. The minimum Gasteiger partial charge on any atom is -0.494 e. The molecule has 1 heterocycles. The lowest BCUT2D eigenvalue weighted by molar-refractivity contribution is -0.121. The summed E-state index contributed by atoms with van der Waals surface area (Å²) in [4.78, 5) is 20.9. The molecule has 2 aromatic rings. The van der Waals surface area contributed by atoms with Crippen LogP contribution >= 0.6 is 11.8 Å². The molecule has 0 spiro atoms. The van der Waals surface area contributed by atoms with Gasteiger partial charge in [-0.25, -0.2) is 9.97 Å². The number of carbonyl (C=O) groups excluding carboxylic acids is 1. The highest BCUT2D eigenvalue weighted by molar-refractivity contribution is 7.98. The standard InChI is InChI=1S/C19H25N3O2S/c1-14-17(15(2)22-19(21-14)25-3)10-11-18(23)20-12-7-13-24-16-8-5-4-6-9-16/h4-6,8-9H,7,10-13H2,1-3H3,(H,20,23). The number of hydrogen-bond acceptors (Lipinski definition) is 5. The number of benzene rings is 1. The third-order valence-corrected chi connectivity index (χ3v) is 4.39. The van der Waals surface area contributed by atoms with Crippen LogP contribution in [0.5, 0.6) is 5.75 Å². The Hall–Kier alpha value is -2.08. The zero-order valence-electron chi connectivity index (χ0n) is 15.0. The second-order valence-electron chi connectivity index (χ2n) is 5.72. The number of aryl methyl sites for hydroxylation is 2. The molecule has 0 unspecified atom stereocenters. The second-order valence-corrected chi connectivity index (χ2v) is 6.50. The highest BCUT2D eigenvalue weighted by atomic mass is 32.2. The van der Waals surface area contributed by atoms with Crippen molar-refractivity contribution in [2.45, 2.75) is 38.3 Å². The summed E-state index contributed by atoms with van der Waals surface area (Å²) in [6.45, 7) is 5.16. The number of carbonyl (C=O) groups is 1. The Morgan fingerprint density at radius 1 is 1.16 bits per heavy atom. The zero-order valence-corrected chi connectivity index (χ0v) is 15.9. The molecule has 1 amide bonds. The van der Waals surface area contributed by atoms with E-state index in [1.165, 1.54) is 11.8 Å². The first kappa shape index (κ1) is 19.2. The highest BCUT2D eigenvalue weighted by Crippen LogP contribution is 2.17. The van der Waals surface area contributed by atoms with E-state index in [9.17, 15) is 4.79 Å². The lowest BCUT2D eigenvalue weighted by Crippen LogP contribution is -2.26. The smallest absolute Gasteiger partial charge is 0.220 e. The summed E-state index contributed by atoms with van der Waals surface area (Å²) in [7, 11) is 0. The molecule has 0 saturated heterocycles. The zero-order chi connectivity index (χ0) is 18.1. The van der Waals surface area contributed by atoms with Gasteiger partial charge >= 0.3 is 0 Å². The van der Waals surface area contributed by atoms with Crippen LogP contribution in [-0.4, -0.2) is 35.3 Å². The van der Waals surface area contributed by atoms with E-state index in [0.717, 1.165) is 34.3 Å². The number of nitrogens with one attached hydrogen (secondary N) is 1. The van der Waals surface area contributed by atoms with Gasteiger partial charge < -0.3 is 10.1 Å². The number of para-hydroxylation sites is 1. The maximum Gasteiger partial charge on any atom is 0.220 e. The van der Waals surface area contributed by atoms with Crippen molar-refractivity contribution in [2.24, 2.45) is 0 Å². The number of amides is 1. The normalized spacial score (nSPS) is 10.5. The highest BCUT2D eigenvalue weighted by Gasteiger charge is 2.10. The van der Waals surface area contributed by atoms with E-state index in [0.29, 0.717) is 26.0 Å². The minimum atomic E-state index is 0.0486. The van der Waals surface area contributed by atoms with E-state index in [-0.39, 0.29) is 5.91 Å². The topological polar surface area (TPSA) is 64.1 Å². The fourth-order valence-corrected chi connectivity index (χ4v) is 2.95. The first-order valence-electron chi connectivity index (χ1n) is 8.43. The van der Waals surface area contributed by atoms with Gasteiger partial charge in [-0.1, -0.05) is 30.0 Å². The van der Waals surface area contributed by atoms with E-state index >= 15 is 0 Å². The maximum atomic E-state index is 12.0. The average Bonchev–Trinajstić information content (AvgIpc) is 2.61. The van der Waals surface area contributed by atoms with Crippen molar-refractivity contribution < 1.29 is 9.53 Å². The number of aromatic nitrogens is 2. The molecule has 0 radical (unpaired) electrons. The summed E-state index contributed by atoms with van der Waals surface area (Å²) < 4.78 is 5.60. The number of thioether (sulfide) groups is 1. The molecule has 1 N–H and O–H groups in total. The Balaban J connectivity index is 1.67. The summed E-state index contributed by atoms with van der Waals surface area (Å²) in [5, 5.41) is 3.72. The van der Waals surface area contributed by atoms with Crippen molar-refractivity contribution in [2.75, 3.05) is 19.4 Å². The van der Waals surface area contributed by atoms with Gasteiger partial charge in [-0.2, -0.15) is 0 Å². The van der Waals surface area contributed by atoms with Crippen LogP contribution in [-0.2, 0) is 11.2 Å². The minimum absolute atomic E-state index is 0.0486. The Labute approximate surface area is 153 Å². The Morgan fingerprint density at radius 3 is 2.48 bits per heavy atom. The van der Waals surface area contributed by atoms with Crippen LogP contribution in [0.15, 0.2) is 35.5 Å². The molecule has 134 valence electrons. The largest absolute Gasteiger partial charge is 0.494 e. The lowest BCUT2D eigenvalue weighted by atomic mass is 10.1. The summed E-state index contributed by atoms with van der Waals surface area (Å²) in [5.41, 5.74) is 2.99. The van der Waals surface area contributed by atoms with Crippen molar-refractivity contribution in [3.05, 3.63) is 47.3 Å². The van der Waals surface area contributed by atoms with Crippen LogP contribution in [0.3, 0.4) is 0 Å². The number of nitrogens with zero attached hydrogens (tertiary/aromatic N) is 2. The first-order valence-corrected chi connectivity index (χ1v) is 9.65. The summed E-state index contributed by atoms with van der Waals surface area (Å²) >= 11 is 1.53. The van der Waals surface area contributed by atoms with Crippen molar-refractivity contribution in [3.8, 4) is 5.75 Å². The second kappa shape index (κ2) is 10.0. The van der Waals surface area contributed by atoms with E-state index in [2.05, 4.69) is 15.3 Å². The van der Waals surface area contributed by atoms with E-state index in [4.69, 9.17) is 4.74 Å². The Kier molecular flexibility index (Phi) is 7.73. The molecule has 0 bridgehead atoms. The quantitative estimate of drug-likeness (QED) is 0.423. The summed E-state index contributed by atoms with van der Waals surface area (Å²) in [6.07, 6.45) is 3.86. The van der Waals surface area contributed by atoms with Gasteiger partial charge in [0.05, 0.1) is 6.61 Å². The fraction of sp³-hybridized carbons (Fsp3) is 0.421. The van der Waals surface area contributed by atoms with Crippen molar-refractivity contribution in [3.63, 3.8) is 0 Å². The monoisotopic (exact) mass is 359 g/mol. The van der Waals surface area contributed by atoms with Crippen LogP contribution in [0.4, 0.5) is 0 Å². The molecular formula is C19H25N3O2S. The molecule has 0 saturated carbocycles. The van der Waals surface area contributed by atoms with E-state index in [1.807, 2.05) is 50.4 Å². The molecule has 5 nitrogen and oxygen atoms in total. The third-order valence-electron chi connectivity index (χ3n) is 3.84. The number of ether oxygens (including phenoxy) is 1. The first-order chi connectivity index (χ1) is 12.1. The summed E-state index contributed by atoms with van der Waals surface area (Å²) in [6, 6.07) is 9.69. The fourth-order valence-electron chi connectivity index (χ4n) is 2.50. The van der Waals surface area contributed by atoms with Crippen molar-refractivity contribution in [1.29, 1.82) is 0 Å². The van der Waals surface area contributed by atoms with Crippen molar-refractivity contribution in [1.82, 2.24) is 15.3 Å². The average molecular weight is 359 g/mol. The van der Waals surface area contributed by atoms with Crippen LogP contribution in [0.2, 0.25) is 0 Å². The van der Waals surface area contributed by atoms with Gasteiger partial charge in [0, 0.05) is 24.4 Å². The van der Waals surface area contributed by atoms with E-state index in [1.54, 1.807) is 0 Å². The number of rotatable bonds is 9. The van der Waals surface area contributed by atoms with Crippen LogP contribution in [0.1, 0.15) is 29.8 Å². The van der Waals surface area contributed by atoms with Gasteiger partial charge in [-0.15, -0.1) is 0 Å². The molecule has 0 atom stereocenters. The SMILES string of the molecule is CSc1nc(C)c(CCC(=O)NCCCOc2ccccc2)c(C)n1. The van der Waals surface area contributed by atoms with Gasteiger partial charge in [0.15, 0.2) is 5.16 Å². The van der Waals surface area contributed by atoms with Gasteiger partial charge in [0.1, 0.15) is 5.75 Å². The molecule has 6 heteroatoms. The van der Waals surface area contributed by atoms with Crippen LogP contribution in [0.25, 0.3) is 0 Å². The lowest BCUT2D eigenvalue weighted by Gasteiger charge is -2.10. The van der Waals surface area contributed by atoms with Gasteiger partial charge in [0.2, 0.25) is 5.91 Å². The van der Waals surface area contributed by atoms with Crippen LogP contribution < -0.4 is 10.1 Å². The van der Waals surface area contributed by atoms with Gasteiger partial charge in [0.25, 0.3) is 0 Å².